The lowest BCUT2D eigenvalue weighted by Gasteiger charge is -2.13. The molecule has 0 aliphatic carbocycles. The van der Waals surface area contributed by atoms with Gasteiger partial charge in [-0.25, -0.2) is 9.59 Å². The summed E-state index contributed by atoms with van der Waals surface area (Å²) in [5, 5.41) is -2.55. The minimum Gasteiger partial charge on any atom is -0.288 e. The van der Waals surface area contributed by atoms with E-state index < -0.39 is 34.6 Å². The van der Waals surface area contributed by atoms with Crippen LogP contribution in [0.3, 0.4) is 0 Å². The lowest BCUT2D eigenvalue weighted by atomic mass is 10.0. The van der Waals surface area contributed by atoms with Gasteiger partial charge in [0.25, 0.3) is 0 Å². The zero-order valence-electron chi connectivity index (χ0n) is 13.9. The highest BCUT2D eigenvalue weighted by molar-refractivity contribution is 6.80. The van der Waals surface area contributed by atoms with Crippen molar-refractivity contribution in [2.45, 2.75) is 38.9 Å². The van der Waals surface area contributed by atoms with Crippen molar-refractivity contribution >= 4 is 45.6 Å². The van der Waals surface area contributed by atoms with Gasteiger partial charge in [-0.1, -0.05) is 24.3 Å². The average Bonchev–Trinajstić information content (AvgIpc) is 2.57. The van der Waals surface area contributed by atoms with E-state index in [0.29, 0.717) is 12.8 Å². The first-order chi connectivity index (χ1) is 12.2. The first-order valence-corrected chi connectivity index (χ1v) is 8.16. The maximum atomic E-state index is 10.9. The monoisotopic (exact) mass is 406 g/mol. The van der Waals surface area contributed by atoms with Gasteiger partial charge in [-0.2, -0.15) is 9.78 Å². The summed E-state index contributed by atoms with van der Waals surface area (Å²) >= 11 is 9.88. The van der Waals surface area contributed by atoms with Crippen LogP contribution in [0.5, 0.6) is 0 Å². The van der Waals surface area contributed by atoms with E-state index >= 15 is 0 Å². The van der Waals surface area contributed by atoms with Crippen LogP contribution in [0.25, 0.3) is 0 Å². The molecule has 0 bridgehead atoms. The Hall–Kier alpha value is -2.00. The maximum absolute atomic E-state index is 10.9. The molecule has 0 heterocycles. The second kappa shape index (κ2) is 10.9. The number of benzene rings is 1. The Morgan fingerprint density at radius 3 is 1.58 bits per heavy atom. The van der Waals surface area contributed by atoms with Gasteiger partial charge in [0, 0.05) is 12.8 Å². The molecule has 0 amide bonds. The van der Waals surface area contributed by atoms with E-state index in [1.165, 1.54) is 0 Å². The van der Waals surface area contributed by atoms with Crippen LogP contribution in [0, 0.1) is 0 Å². The van der Waals surface area contributed by atoms with E-state index in [0.717, 1.165) is 11.1 Å². The molecule has 8 nitrogen and oxygen atoms in total. The molecule has 10 heteroatoms. The molecule has 1 rings (SSSR count). The fraction of sp³-hybridized carbons (Fsp3) is 0.375. The summed E-state index contributed by atoms with van der Waals surface area (Å²) in [7, 11) is 0. The maximum Gasteiger partial charge on any atom is 0.424 e. The molecule has 0 aliphatic rings. The van der Waals surface area contributed by atoms with Crippen LogP contribution in [0.1, 0.15) is 25.0 Å². The molecular formula is C16H16Cl2O8. The second-order valence-corrected chi connectivity index (χ2v) is 6.02. The molecule has 0 radical (unpaired) electrons. The molecule has 2 atom stereocenters. The van der Waals surface area contributed by atoms with Gasteiger partial charge >= 0.3 is 22.4 Å². The summed E-state index contributed by atoms with van der Waals surface area (Å²) in [6.07, 6.45) is -0.255. The first-order valence-electron chi connectivity index (χ1n) is 7.41. The van der Waals surface area contributed by atoms with Crippen LogP contribution in [0.2, 0.25) is 0 Å². The molecule has 1 aromatic carbocycles. The van der Waals surface area contributed by atoms with Crippen LogP contribution in [-0.2, 0) is 51.6 Å². The molecule has 1 aromatic rings. The third kappa shape index (κ3) is 8.39. The normalized spacial score (nSPS) is 12.8. The SMILES string of the molecule is CC(Cc1cccc(CC(C)OOC(=O)C(=O)Cl)c1)OOC(=O)C(=O)Cl. The third-order valence-corrected chi connectivity index (χ3v) is 3.24. The summed E-state index contributed by atoms with van der Waals surface area (Å²) in [6.45, 7) is 3.29. The van der Waals surface area contributed by atoms with Crippen molar-refractivity contribution in [1.29, 1.82) is 0 Å². The van der Waals surface area contributed by atoms with E-state index in [2.05, 4.69) is 9.78 Å². The van der Waals surface area contributed by atoms with E-state index in [9.17, 15) is 19.2 Å². The predicted molar refractivity (Wildman–Crippen MR) is 88.8 cm³/mol. The van der Waals surface area contributed by atoms with Crippen LogP contribution in [0.4, 0.5) is 0 Å². The van der Waals surface area contributed by atoms with Gasteiger partial charge < -0.3 is 0 Å². The molecule has 0 aromatic heterocycles. The van der Waals surface area contributed by atoms with Crippen LogP contribution in [0.15, 0.2) is 24.3 Å². The average molecular weight is 407 g/mol. The molecule has 0 aliphatic heterocycles. The highest BCUT2D eigenvalue weighted by Crippen LogP contribution is 2.13. The van der Waals surface area contributed by atoms with Crippen molar-refractivity contribution in [3.63, 3.8) is 0 Å². The molecule has 0 spiro atoms. The van der Waals surface area contributed by atoms with Gasteiger partial charge in [-0.05, 0) is 48.2 Å². The van der Waals surface area contributed by atoms with Crippen LogP contribution >= 0.6 is 23.2 Å². The molecular weight excluding hydrogens is 391 g/mol. The summed E-state index contributed by atoms with van der Waals surface area (Å²) in [5.41, 5.74) is 1.73. The predicted octanol–water partition coefficient (Wildman–Crippen LogP) is 2.03. The third-order valence-electron chi connectivity index (χ3n) is 2.93. The minimum atomic E-state index is -1.29. The van der Waals surface area contributed by atoms with Crippen molar-refractivity contribution in [1.82, 2.24) is 0 Å². The van der Waals surface area contributed by atoms with Gasteiger partial charge in [0.15, 0.2) is 0 Å². The van der Waals surface area contributed by atoms with E-state index in [4.69, 9.17) is 33.0 Å². The zero-order valence-corrected chi connectivity index (χ0v) is 15.4. The second-order valence-electron chi connectivity index (χ2n) is 5.33. The van der Waals surface area contributed by atoms with Gasteiger partial charge in [0.2, 0.25) is 0 Å². The number of hydrogen-bond acceptors (Lipinski definition) is 8. The van der Waals surface area contributed by atoms with Gasteiger partial charge in [-0.15, -0.1) is 0 Å². The molecule has 0 N–H and O–H groups in total. The van der Waals surface area contributed by atoms with Gasteiger partial charge in [0.05, 0.1) is 0 Å². The Labute approximate surface area is 159 Å². The number of halogens is 2. The lowest BCUT2D eigenvalue weighted by Crippen LogP contribution is -2.19. The van der Waals surface area contributed by atoms with Crippen molar-refractivity contribution in [3.8, 4) is 0 Å². The Morgan fingerprint density at radius 1 is 0.846 bits per heavy atom. The first kappa shape index (κ1) is 22.0. The Balaban J connectivity index is 2.51. The van der Waals surface area contributed by atoms with E-state index in [1.54, 1.807) is 19.9 Å². The highest BCUT2D eigenvalue weighted by atomic mass is 35.5. The fourth-order valence-corrected chi connectivity index (χ4v) is 2.00. The van der Waals surface area contributed by atoms with Gasteiger partial charge in [0.1, 0.15) is 12.2 Å². The fourth-order valence-electron chi connectivity index (χ4n) is 1.93. The Kier molecular flexibility index (Phi) is 9.22. The van der Waals surface area contributed by atoms with Crippen molar-refractivity contribution in [3.05, 3.63) is 35.4 Å². The smallest absolute Gasteiger partial charge is 0.288 e. The van der Waals surface area contributed by atoms with Crippen LogP contribution < -0.4 is 0 Å². The number of carbonyl (C=O) groups excluding carboxylic acids is 4. The van der Waals surface area contributed by atoms with Crippen molar-refractivity contribution < 1.29 is 38.7 Å². The van der Waals surface area contributed by atoms with E-state index in [-0.39, 0.29) is 0 Å². The number of hydrogen-bond donors (Lipinski definition) is 0. The highest BCUT2D eigenvalue weighted by Gasteiger charge is 2.17. The number of carbonyl (C=O) groups is 4. The lowest BCUT2D eigenvalue weighted by molar-refractivity contribution is -0.290. The molecule has 0 fully saturated rings. The summed E-state index contributed by atoms with van der Waals surface area (Å²) < 4.78 is 0. The van der Waals surface area contributed by atoms with Gasteiger partial charge in [-0.3, -0.25) is 19.4 Å². The molecule has 142 valence electrons. The summed E-state index contributed by atoms with van der Waals surface area (Å²) in [6, 6.07) is 7.31. The minimum absolute atomic E-state index is 0.391. The molecule has 26 heavy (non-hydrogen) atoms. The standard InChI is InChI=1S/C16H16Cl2O8/c1-9(23-25-15(21)13(17)19)6-11-4-3-5-12(8-11)7-10(2)24-26-16(22)14(18)20/h3-5,8-10H,6-7H2,1-2H3. The Bertz CT molecular complexity index is 623. The zero-order chi connectivity index (χ0) is 19.7. The quantitative estimate of drug-likeness (QED) is 0.251. The summed E-state index contributed by atoms with van der Waals surface area (Å²) in [4.78, 5) is 61.1. The van der Waals surface area contributed by atoms with E-state index in [1.807, 2.05) is 18.2 Å². The Morgan fingerprint density at radius 2 is 1.23 bits per heavy atom. The van der Waals surface area contributed by atoms with Crippen molar-refractivity contribution in [2.24, 2.45) is 0 Å². The molecule has 0 saturated heterocycles. The van der Waals surface area contributed by atoms with Crippen LogP contribution in [-0.4, -0.2) is 34.6 Å². The molecule has 2 unspecified atom stereocenters. The molecule has 0 saturated carbocycles. The topological polar surface area (TPSA) is 105 Å². The largest absolute Gasteiger partial charge is 0.424 e. The number of rotatable bonds is 10. The van der Waals surface area contributed by atoms with Crippen molar-refractivity contribution in [2.75, 3.05) is 0 Å². The summed E-state index contributed by atoms with van der Waals surface area (Å²) in [5.74, 6) is -2.58.